The van der Waals surface area contributed by atoms with E-state index in [-0.39, 0.29) is 0 Å². The molecule has 1 saturated heterocycles. The van der Waals surface area contributed by atoms with E-state index in [9.17, 15) is 5.11 Å². The Morgan fingerprint density at radius 3 is 2.46 bits per heavy atom. The number of hydrogen-bond acceptors (Lipinski definition) is 4. The summed E-state index contributed by atoms with van der Waals surface area (Å²) in [6, 6.07) is 15.1. The first-order valence-electron chi connectivity index (χ1n) is 7.89. The molecule has 0 aromatic heterocycles. The van der Waals surface area contributed by atoms with E-state index in [1.54, 1.807) is 19.2 Å². The van der Waals surface area contributed by atoms with Crippen molar-refractivity contribution in [1.82, 2.24) is 4.90 Å². The van der Waals surface area contributed by atoms with Gasteiger partial charge in [-0.05, 0) is 48.6 Å². The number of anilines is 2. The fourth-order valence-corrected chi connectivity index (χ4v) is 3.03. The molecule has 24 heavy (non-hydrogen) atoms. The third-order valence-electron chi connectivity index (χ3n) is 4.10. The van der Waals surface area contributed by atoms with Crippen LogP contribution in [0.2, 0.25) is 0 Å². The molecule has 1 fully saturated rings. The van der Waals surface area contributed by atoms with E-state index in [0.717, 1.165) is 48.4 Å². The van der Waals surface area contributed by atoms with Crippen LogP contribution in [0.3, 0.4) is 0 Å². The summed E-state index contributed by atoms with van der Waals surface area (Å²) in [7, 11) is 1.65. The lowest BCUT2D eigenvalue weighted by molar-refractivity contribution is 0.390. The fraction of sp³-hybridized carbons (Fsp3) is 0.278. The molecule has 0 bridgehead atoms. The molecule has 0 saturated carbocycles. The Bertz CT molecular complexity index is 698. The number of ether oxygens (including phenoxy) is 1. The van der Waals surface area contributed by atoms with Gasteiger partial charge in [0.25, 0.3) is 0 Å². The van der Waals surface area contributed by atoms with Crippen LogP contribution in [0.25, 0.3) is 0 Å². The minimum atomic E-state index is 0.293. The SMILES string of the molecule is COc1cccc(NC(=S)N2CCN(c3ccc(O)cc3)CC2)c1. The first-order chi connectivity index (χ1) is 11.7. The van der Waals surface area contributed by atoms with E-state index < -0.39 is 0 Å². The Morgan fingerprint density at radius 1 is 1.08 bits per heavy atom. The average Bonchev–Trinajstić information content (AvgIpc) is 2.62. The van der Waals surface area contributed by atoms with E-state index in [1.165, 1.54) is 0 Å². The second-order valence-corrected chi connectivity index (χ2v) is 6.04. The number of piperazine rings is 1. The van der Waals surface area contributed by atoms with Crippen LogP contribution in [0.4, 0.5) is 11.4 Å². The van der Waals surface area contributed by atoms with Gasteiger partial charge >= 0.3 is 0 Å². The number of aromatic hydroxyl groups is 1. The van der Waals surface area contributed by atoms with Crippen molar-refractivity contribution >= 4 is 28.7 Å². The zero-order valence-corrected chi connectivity index (χ0v) is 14.4. The Labute approximate surface area is 147 Å². The molecule has 0 amide bonds. The molecular weight excluding hydrogens is 322 g/mol. The van der Waals surface area contributed by atoms with Gasteiger partial charge < -0.3 is 25.0 Å². The lowest BCUT2D eigenvalue weighted by Crippen LogP contribution is -2.50. The first-order valence-corrected chi connectivity index (χ1v) is 8.30. The van der Waals surface area contributed by atoms with E-state index in [2.05, 4.69) is 15.1 Å². The second-order valence-electron chi connectivity index (χ2n) is 5.65. The quantitative estimate of drug-likeness (QED) is 0.836. The topological polar surface area (TPSA) is 48.0 Å². The van der Waals surface area contributed by atoms with Crippen LogP contribution in [-0.2, 0) is 0 Å². The molecule has 0 radical (unpaired) electrons. The average molecular weight is 343 g/mol. The molecule has 1 heterocycles. The molecule has 5 nitrogen and oxygen atoms in total. The molecular formula is C18H21N3O2S. The zero-order valence-electron chi connectivity index (χ0n) is 13.6. The molecule has 0 atom stereocenters. The van der Waals surface area contributed by atoms with Gasteiger partial charge in [0.1, 0.15) is 11.5 Å². The van der Waals surface area contributed by atoms with Gasteiger partial charge in [-0.15, -0.1) is 0 Å². The van der Waals surface area contributed by atoms with Gasteiger partial charge in [-0.25, -0.2) is 0 Å². The molecule has 3 rings (SSSR count). The minimum Gasteiger partial charge on any atom is -0.508 e. The number of nitrogens with one attached hydrogen (secondary N) is 1. The Morgan fingerprint density at radius 2 is 1.79 bits per heavy atom. The molecule has 1 aliphatic rings. The third kappa shape index (κ3) is 3.89. The Kier molecular flexibility index (Phi) is 5.05. The highest BCUT2D eigenvalue weighted by atomic mass is 32.1. The first kappa shape index (κ1) is 16.4. The molecule has 126 valence electrons. The van der Waals surface area contributed by atoms with Crippen molar-refractivity contribution in [2.45, 2.75) is 0 Å². The van der Waals surface area contributed by atoms with E-state index >= 15 is 0 Å². The van der Waals surface area contributed by atoms with Crippen LogP contribution in [0.15, 0.2) is 48.5 Å². The van der Waals surface area contributed by atoms with Crippen molar-refractivity contribution in [2.24, 2.45) is 0 Å². The number of benzene rings is 2. The van der Waals surface area contributed by atoms with Crippen LogP contribution in [0.1, 0.15) is 0 Å². The lowest BCUT2D eigenvalue weighted by Gasteiger charge is -2.37. The van der Waals surface area contributed by atoms with Gasteiger partial charge in [-0.1, -0.05) is 6.07 Å². The number of methoxy groups -OCH3 is 1. The summed E-state index contributed by atoms with van der Waals surface area (Å²) in [4.78, 5) is 4.47. The van der Waals surface area contributed by atoms with Gasteiger partial charge in [0.05, 0.1) is 7.11 Å². The number of nitrogens with zero attached hydrogens (tertiary/aromatic N) is 2. The highest BCUT2D eigenvalue weighted by molar-refractivity contribution is 7.80. The summed E-state index contributed by atoms with van der Waals surface area (Å²) in [5.41, 5.74) is 2.06. The summed E-state index contributed by atoms with van der Waals surface area (Å²) in [6.07, 6.45) is 0. The number of thiocarbonyl (C=S) groups is 1. The predicted octanol–water partition coefficient (Wildman–Crippen LogP) is 2.92. The summed E-state index contributed by atoms with van der Waals surface area (Å²) < 4.78 is 5.23. The molecule has 2 N–H and O–H groups in total. The fourth-order valence-electron chi connectivity index (χ4n) is 2.73. The Balaban J connectivity index is 1.55. The summed E-state index contributed by atoms with van der Waals surface area (Å²) in [5.74, 6) is 1.10. The standard InChI is InChI=1S/C18H21N3O2S/c1-23-17-4-2-3-14(13-17)19-18(24)21-11-9-20(10-12-21)15-5-7-16(22)8-6-15/h2-8,13,22H,9-12H2,1H3,(H,19,24). The van der Waals surface area contributed by atoms with Gasteiger partial charge in [0.15, 0.2) is 5.11 Å². The van der Waals surface area contributed by atoms with Gasteiger partial charge in [0.2, 0.25) is 0 Å². The summed E-state index contributed by atoms with van der Waals surface area (Å²) in [5, 5.41) is 13.4. The van der Waals surface area contributed by atoms with Gasteiger partial charge in [-0.3, -0.25) is 0 Å². The molecule has 1 aliphatic heterocycles. The van der Waals surface area contributed by atoms with Crippen molar-refractivity contribution in [3.8, 4) is 11.5 Å². The Hall–Kier alpha value is -2.47. The number of phenols is 1. The highest BCUT2D eigenvalue weighted by Crippen LogP contribution is 2.21. The van der Waals surface area contributed by atoms with Crippen molar-refractivity contribution < 1.29 is 9.84 Å². The maximum Gasteiger partial charge on any atom is 0.173 e. The van der Waals surface area contributed by atoms with Crippen molar-refractivity contribution in [2.75, 3.05) is 43.5 Å². The van der Waals surface area contributed by atoms with E-state index in [1.807, 2.05) is 36.4 Å². The second kappa shape index (κ2) is 7.40. The van der Waals surface area contributed by atoms with Crippen LogP contribution >= 0.6 is 12.2 Å². The normalized spacial score (nSPS) is 14.4. The van der Waals surface area contributed by atoms with Gasteiger partial charge in [-0.2, -0.15) is 0 Å². The largest absolute Gasteiger partial charge is 0.508 e. The van der Waals surface area contributed by atoms with Crippen molar-refractivity contribution in [3.05, 3.63) is 48.5 Å². The van der Waals surface area contributed by atoms with E-state index in [4.69, 9.17) is 17.0 Å². The van der Waals surface area contributed by atoms with Crippen LogP contribution < -0.4 is 15.0 Å². The van der Waals surface area contributed by atoms with Crippen molar-refractivity contribution in [1.29, 1.82) is 0 Å². The highest BCUT2D eigenvalue weighted by Gasteiger charge is 2.19. The number of phenolic OH excluding ortho intramolecular Hbond substituents is 1. The predicted molar refractivity (Wildman–Crippen MR) is 101 cm³/mol. The monoisotopic (exact) mass is 343 g/mol. The smallest absolute Gasteiger partial charge is 0.173 e. The molecule has 0 unspecified atom stereocenters. The zero-order chi connectivity index (χ0) is 16.9. The maximum absolute atomic E-state index is 9.39. The summed E-state index contributed by atoms with van der Waals surface area (Å²) >= 11 is 5.53. The molecule has 0 spiro atoms. The number of hydrogen-bond donors (Lipinski definition) is 2. The van der Waals surface area contributed by atoms with Crippen LogP contribution in [0, 0.1) is 0 Å². The molecule has 2 aromatic rings. The minimum absolute atomic E-state index is 0.293. The maximum atomic E-state index is 9.39. The molecule has 6 heteroatoms. The van der Waals surface area contributed by atoms with E-state index in [0.29, 0.717) is 5.75 Å². The van der Waals surface area contributed by atoms with Crippen LogP contribution in [-0.4, -0.2) is 48.4 Å². The van der Waals surface area contributed by atoms with Crippen LogP contribution in [0.5, 0.6) is 11.5 Å². The molecule has 2 aromatic carbocycles. The van der Waals surface area contributed by atoms with Crippen molar-refractivity contribution in [3.63, 3.8) is 0 Å². The summed E-state index contributed by atoms with van der Waals surface area (Å²) in [6.45, 7) is 3.50. The molecule has 0 aliphatic carbocycles. The third-order valence-corrected chi connectivity index (χ3v) is 4.46. The van der Waals surface area contributed by atoms with Gasteiger partial charge in [0, 0.05) is 43.6 Å². The lowest BCUT2D eigenvalue weighted by atomic mass is 10.2. The number of rotatable bonds is 3.